The molecule has 3 rings (SSSR count). The first kappa shape index (κ1) is 25.2. The number of nitrogens with one attached hydrogen (secondary N) is 3. The third kappa shape index (κ3) is 6.12. The van der Waals surface area contributed by atoms with Gasteiger partial charge in [0.25, 0.3) is 11.1 Å². The minimum Gasteiger partial charge on any atom is -0.479 e. The van der Waals surface area contributed by atoms with E-state index in [0.29, 0.717) is 29.4 Å². The number of methoxy groups -OCH3 is 2. The van der Waals surface area contributed by atoms with Gasteiger partial charge in [0, 0.05) is 18.5 Å². The van der Waals surface area contributed by atoms with Gasteiger partial charge in [-0.2, -0.15) is 15.0 Å². The number of aryl methyl sites for hydroxylation is 1. The van der Waals surface area contributed by atoms with Gasteiger partial charge in [-0.3, -0.25) is 4.79 Å². The minimum absolute atomic E-state index is 0.167. The molecule has 0 aliphatic heterocycles. The van der Waals surface area contributed by atoms with Crippen molar-refractivity contribution in [1.29, 1.82) is 0 Å². The van der Waals surface area contributed by atoms with Crippen molar-refractivity contribution in [3.63, 3.8) is 0 Å². The van der Waals surface area contributed by atoms with Crippen molar-refractivity contribution < 1.29 is 19.0 Å². The van der Waals surface area contributed by atoms with Gasteiger partial charge in [-0.1, -0.05) is 37.3 Å². The molecule has 0 radical (unpaired) electrons. The SMILES string of the molecule is CNCCNc1nc(OC)c(NC(=O)c2csc(Oc3cc(C(C)C)ccc3C)n2)c(OC)n1. The summed E-state index contributed by atoms with van der Waals surface area (Å²) in [4.78, 5) is 25.9. The topological polar surface area (TPSA) is 120 Å². The van der Waals surface area contributed by atoms with Gasteiger partial charge in [0.15, 0.2) is 5.69 Å². The van der Waals surface area contributed by atoms with Gasteiger partial charge in [0.1, 0.15) is 11.4 Å². The van der Waals surface area contributed by atoms with Crippen LogP contribution >= 0.6 is 11.3 Å². The fourth-order valence-electron chi connectivity index (χ4n) is 2.97. The number of hydrogen-bond donors (Lipinski definition) is 3. The molecule has 3 N–H and O–H groups in total. The summed E-state index contributed by atoms with van der Waals surface area (Å²) >= 11 is 1.24. The number of likely N-dealkylation sites (N-methyl/N-ethyl adjacent to an activating group) is 1. The van der Waals surface area contributed by atoms with Gasteiger partial charge in [-0.15, -0.1) is 0 Å². The zero-order valence-corrected chi connectivity index (χ0v) is 21.0. The quantitative estimate of drug-likeness (QED) is 0.345. The van der Waals surface area contributed by atoms with E-state index in [2.05, 4.69) is 50.8 Å². The van der Waals surface area contributed by atoms with Gasteiger partial charge >= 0.3 is 0 Å². The number of amides is 1. The maximum Gasteiger partial charge on any atom is 0.279 e. The molecule has 0 unspecified atom stereocenters. The van der Waals surface area contributed by atoms with Crippen LogP contribution in [0.25, 0.3) is 0 Å². The summed E-state index contributed by atoms with van der Waals surface area (Å²) in [6.07, 6.45) is 0. The van der Waals surface area contributed by atoms with Gasteiger partial charge in [-0.05, 0) is 37.1 Å². The highest BCUT2D eigenvalue weighted by Crippen LogP contribution is 2.34. The summed E-state index contributed by atoms with van der Waals surface area (Å²) in [5.74, 6) is 1.28. The van der Waals surface area contributed by atoms with Crippen molar-refractivity contribution in [1.82, 2.24) is 20.3 Å². The molecule has 0 fully saturated rings. The Labute approximate surface area is 203 Å². The number of carbonyl (C=O) groups excluding carboxylic acids is 1. The standard InChI is InChI=1S/C23H30N6O4S/c1-13(2)15-8-7-14(3)17(11-15)33-23-26-16(12-34-23)19(30)27-18-20(31-5)28-22(25-10-9-24-4)29-21(18)32-6/h7-8,11-13,24H,9-10H2,1-6H3,(H,27,30)(H,25,28,29). The Balaban J connectivity index is 1.77. The maximum atomic E-state index is 12.9. The Morgan fingerprint density at radius 1 is 1.09 bits per heavy atom. The lowest BCUT2D eigenvalue weighted by atomic mass is 10.0. The number of nitrogens with zero attached hydrogens (tertiary/aromatic N) is 3. The van der Waals surface area contributed by atoms with E-state index in [9.17, 15) is 4.79 Å². The zero-order chi connectivity index (χ0) is 24.7. The van der Waals surface area contributed by atoms with Crippen LogP contribution in [0.3, 0.4) is 0 Å². The van der Waals surface area contributed by atoms with Crippen LogP contribution in [0.15, 0.2) is 23.6 Å². The molecule has 0 spiro atoms. The van der Waals surface area contributed by atoms with E-state index in [0.717, 1.165) is 12.1 Å². The summed E-state index contributed by atoms with van der Waals surface area (Å²) in [5, 5.41) is 10.8. The van der Waals surface area contributed by atoms with E-state index < -0.39 is 5.91 Å². The van der Waals surface area contributed by atoms with E-state index in [1.54, 1.807) is 5.38 Å². The molecular weight excluding hydrogens is 456 g/mol. The lowest BCUT2D eigenvalue weighted by molar-refractivity contribution is 0.102. The molecule has 1 amide bonds. The Morgan fingerprint density at radius 2 is 1.79 bits per heavy atom. The van der Waals surface area contributed by atoms with Crippen molar-refractivity contribution in [2.24, 2.45) is 0 Å². The molecular formula is C23H30N6O4S. The fourth-order valence-corrected chi connectivity index (χ4v) is 3.63. The van der Waals surface area contributed by atoms with E-state index in [1.807, 2.05) is 26.1 Å². The van der Waals surface area contributed by atoms with Crippen molar-refractivity contribution in [2.45, 2.75) is 26.7 Å². The first-order chi connectivity index (χ1) is 16.4. The number of ether oxygens (including phenoxy) is 3. The van der Waals surface area contributed by atoms with Crippen LogP contribution in [0.4, 0.5) is 11.6 Å². The predicted octanol–water partition coefficient (Wildman–Crippen LogP) is 4.06. The van der Waals surface area contributed by atoms with Crippen molar-refractivity contribution in [3.05, 3.63) is 40.4 Å². The molecule has 3 aromatic rings. The summed E-state index contributed by atoms with van der Waals surface area (Å²) in [6, 6.07) is 6.10. The molecule has 2 aromatic heterocycles. The summed E-state index contributed by atoms with van der Waals surface area (Å²) in [5.41, 5.74) is 2.56. The molecule has 10 nitrogen and oxygen atoms in total. The van der Waals surface area contributed by atoms with Crippen molar-refractivity contribution in [3.8, 4) is 22.7 Å². The second-order valence-electron chi connectivity index (χ2n) is 7.71. The molecule has 1 aromatic carbocycles. The van der Waals surface area contributed by atoms with E-state index in [1.165, 1.54) is 31.1 Å². The van der Waals surface area contributed by atoms with Gasteiger partial charge in [0.2, 0.25) is 17.7 Å². The van der Waals surface area contributed by atoms with Crippen LogP contribution < -0.4 is 30.2 Å². The van der Waals surface area contributed by atoms with Gasteiger partial charge in [-0.25, -0.2) is 0 Å². The summed E-state index contributed by atoms with van der Waals surface area (Å²) in [6.45, 7) is 7.54. The Hall–Kier alpha value is -3.44. The lowest BCUT2D eigenvalue weighted by Gasteiger charge is -2.14. The second-order valence-corrected chi connectivity index (χ2v) is 8.53. The average molecular weight is 487 g/mol. The van der Waals surface area contributed by atoms with Gasteiger partial charge in [0.05, 0.1) is 14.2 Å². The summed E-state index contributed by atoms with van der Waals surface area (Å²) < 4.78 is 16.7. The Bertz CT molecular complexity index is 1110. The number of aromatic nitrogens is 3. The van der Waals surface area contributed by atoms with Crippen molar-refractivity contribution >= 4 is 28.9 Å². The maximum absolute atomic E-state index is 12.9. The van der Waals surface area contributed by atoms with Crippen LogP contribution in [0.5, 0.6) is 22.7 Å². The third-order valence-corrected chi connectivity index (χ3v) is 5.64. The summed E-state index contributed by atoms with van der Waals surface area (Å²) in [7, 11) is 4.76. The van der Waals surface area contributed by atoms with Crippen LogP contribution in [-0.4, -0.2) is 55.2 Å². The van der Waals surface area contributed by atoms with Crippen LogP contribution in [0.1, 0.15) is 41.4 Å². The number of hydrogen-bond acceptors (Lipinski definition) is 10. The average Bonchev–Trinajstić information content (AvgIpc) is 3.29. The Morgan fingerprint density at radius 3 is 2.41 bits per heavy atom. The zero-order valence-electron chi connectivity index (χ0n) is 20.2. The largest absolute Gasteiger partial charge is 0.479 e. The monoisotopic (exact) mass is 486 g/mol. The lowest BCUT2D eigenvalue weighted by Crippen LogP contribution is -2.20. The molecule has 11 heteroatoms. The second kappa shape index (κ2) is 11.6. The first-order valence-electron chi connectivity index (χ1n) is 10.8. The molecule has 0 bridgehead atoms. The van der Waals surface area contributed by atoms with Crippen molar-refractivity contribution in [2.75, 3.05) is 45.0 Å². The highest BCUT2D eigenvalue weighted by molar-refractivity contribution is 7.11. The first-order valence-corrected chi connectivity index (χ1v) is 11.7. The molecule has 34 heavy (non-hydrogen) atoms. The smallest absolute Gasteiger partial charge is 0.279 e. The van der Waals surface area contributed by atoms with E-state index in [4.69, 9.17) is 14.2 Å². The number of benzene rings is 1. The molecule has 2 heterocycles. The highest BCUT2D eigenvalue weighted by atomic mass is 32.1. The van der Waals surface area contributed by atoms with Crippen LogP contribution in [0, 0.1) is 6.92 Å². The molecule has 0 atom stereocenters. The van der Waals surface area contributed by atoms with E-state index >= 15 is 0 Å². The Kier molecular flexibility index (Phi) is 8.61. The number of anilines is 2. The number of thiazole rings is 1. The fraction of sp³-hybridized carbons (Fsp3) is 0.391. The predicted molar refractivity (Wildman–Crippen MR) is 133 cm³/mol. The van der Waals surface area contributed by atoms with Crippen LogP contribution in [0.2, 0.25) is 0 Å². The molecule has 0 aliphatic rings. The van der Waals surface area contributed by atoms with Crippen LogP contribution in [-0.2, 0) is 0 Å². The third-order valence-electron chi connectivity index (χ3n) is 4.92. The molecule has 182 valence electrons. The highest BCUT2D eigenvalue weighted by Gasteiger charge is 2.21. The number of rotatable bonds is 11. The minimum atomic E-state index is -0.463. The molecule has 0 aliphatic carbocycles. The van der Waals surface area contributed by atoms with E-state index in [-0.39, 0.29) is 23.1 Å². The molecule has 0 saturated carbocycles. The number of carbonyl (C=O) groups is 1. The van der Waals surface area contributed by atoms with Gasteiger partial charge < -0.3 is 30.2 Å². The molecule has 0 saturated heterocycles. The normalized spacial score (nSPS) is 10.8.